The van der Waals surface area contributed by atoms with E-state index in [1.807, 2.05) is 0 Å². The zero-order valence-electron chi connectivity index (χ0n) is 13.1. The van der Waals surface area contributed by atoms with Crippen LogP contribution in [-0.2, 0) is 0 Å². The Morgan fingerprint density at radius 1 is 1.08 bits per heavy atom. The van der Waals surface area contributed by atoms with Gasteiger partial charge in [-0.25, -0.2) is 0 Å². The molecular weight excluding hydrogens is 308 g/mol. The quantitative estimate of drug-likeness (QED) is 0.889. The van der Waals surface area contributed by atoms with E-state index < -0.39 is 17.3 Å². The molecule has 1 aromatic heterocycles. The Hall–Kier alpha value is -2.76. The molecule has 6 nitrogen and oxygen atoms in total. The van der Waals surface area contributed by atoms with E-state index in [9.17, 15) is 9.59 Å². The number of nitrogens with one attached hydrogen (secondary N) is 2. The number of aromatic amines is 1. The van der Waals surface area contributed by atoms with Crippen LogP contribution in [0.25, 0.3) is 0 Å². The van der Waals surface area contributed by atoms with Gasteiger partial charge in [0.05, 0.1) is 0 Å². The Labute approximate surface area is 138 Å². The van der Waals surface area contributed by atoms with Crippen LogP contribution in [0.15, 0.2) is 41.3 Å². The van der Waals surface area contributed by atoms with E-state index >= 15 is 0 Å². The third kappa shape index (κ3) is 2.64. The van der Waals surface area contributed by atoms with Crippen molar-refractivity contribution in [1.29, 1.82) is 0 Å². The molecule has 0 unspecified atom stereocenters. The molecule has 6 heteroatoms. The van der Waals surface area contributed by atoms with Crippen molar-refractivity contribution >= 4 is 11.6 Å². The van der Waals surface area contributed by atoms with E-state index in [4.69, 9.17) is 9.47 Å². The highest BCUT2D eigenvalue weighted by Crippen LogP contribution is 2.46. The van der Waals surface area contributed by atoms with Crippen LogP contribution in [0, 0.1) is 0 Å². The van der Waals surface area contributed by atoms with Gasteiger partial charge in [0, 0.05) is 30.8 Å². The molecule has 0 saturated heterocycles. The van der Waals surface area contributed by atoms with Gasteiger partial charge in [0.15, 0.2) is 11.5 Å². The first kappa shape index (κ1) is 14.8. The SMILES string of the molecule is O=C(Nc1ccc2c(c1)OC1(CCCCC1)O2)c1ccc[nH]c1=O. The van der Waals surface area contributed by atoms with E-state index in [1.165, 1.54) is 18.7 Å². The van der Waals surface area contributed by atoms with Gasteiger partial charge in [-0.3, -0.25) is 9.59 Å². The average Bonchev–Trinajstić information content (AvgIpc) is 2.92. The van der Waals surface area contributed by atoms with E-state index in [1.54, 1.807) is 24.3 Å². The molecule has 1 aliphatic carbocycles. The van der Waals surface area contributed by atoms with Crippen molar-refractivity contribution in [2.45, 2.75) is 37.9 Å². The number of hydrogen-bond acceptors (Lipinski definition) is 4. The topological polar surface area (TPSA) is 80.4 Å². The summed E-state index contributed by atoms with van der Waals surface area (Å²) in [5.41, 5.74) is 0.217. The summed E-state index contributed by atoms with van der Waals surface area (Å²) in [6.07, 6.45) is 6.63. The number of benzene rings is 1. The van der Waals surface area contributed by atoms with Gasteiger partial charge in [-0.05, 0) is 37.1 Å². The normalized spacial score (nSPS) is 17.7. The number of H-pyrrole nitrogens is 1. The minimum absolute atomic E-state index is 0.0684. The first-order chi connectivity index (χ1) is 11.7. The molecule has 1 amide bonds. The first-order valence-corrected chi connectivity index (χ1v) is 8.16. The summed E-state index contributed by atoms with van der Waals surface area (Å²) in [7, 11) is 0. The predicted molar refractivity (Wildman–Crippen MR) is 88.5 cm³/mol. The number of fused-ring (bicyclic) bond motifs is 1. The Kier molecular flexibility index (Phi) is 3.52. The Morgan fingerprint density at radius 2 is 1.88 bits per heavy atom. The van der Waals surface area contributed by atoms with Crippen LogP contribution in [0.2, 0.25) is 0 Å². The van der Waals surface area contributed by atoms with Crippen molar-refractivity contribution in [2.24, 2.45) is 0 Å². The number of hydrogen-bond donors (Lipinski definition) is 2. The van der Waals surface area contributed by atoms with Crippen LogP contribution in [0.1, 0.15) is 42.5 Å². The molecule has 2 aromatic rings. The summed E-state index contributed by atoms with van der Waals surface area (Å²) in [4.78, 5) is 26.4. The lowest BCUT2D eigenvalue weighted by Gasteiger charge is -2.31. The summed E-state index contributed by atoms with van der Waals surface area (Å²) < 4.78 is 12.1. The van der Waals surface area contributed by atoms with Gasteiger partial charge in [-0.2, -0.15) is 0 Å². The smallest absolute Gasteiger partial charge is 0.261 e. The number of anilines is 1. The molecule has 0 radical (unpaired) electrons. The number of ether oxygens (including phenoxy) is 2. The number of aromatic nitrogens is 1. The van der Waals surface area contributed by atoms with Gasteiger partial charge >= 0.3 is 0 Å². The molecule has 124 valence electrons. The molecule has 1 spiro atoms. The lowest BCUT2D eigenvalue weighted by molar-refractivity contribution is -0.105. The van der Waals surface area contributed by atoms with E-state index in [-0.39, 0.29) is 5.56 Å². The van der Waals surface area contributed by atoms with E-state index in [0.29, 0.717) is 17.2 Å². The summed E-state index contributed by atoms with van der Waals surface area (Å²) in [6, 6.07) is 8.39. The second kappa shape index (κ2) is 5.70. The van der Waals surface area contributed by atoms with Crippen molar-refractivity contribution in [3.8, 4) is 11.5 Å². The van der Waals surface area contributed by atoms with Gasteiger partial charge in [0.25, 0.3) is 17.3 Å². The number of carbonyl (C=O) groups excluding carboxylic acids is 1. The van der Waals surface area contributed by atoms with Gasteiger partial charge in [0.1, 0.15) is 5.56 Å². The molecule has 4 rings (SSSR count). The van der Waals surface area contributed by atoms with Crippen LogP contribution >= 0.6 is 0 Å². The van der Waals surface area contributed by atoms with Crippen LogP contribution < -0.4 is 20.3 Å². The average molecular weight is 326 g/mol. The van der Waals surface area contributed by atoms with Crippen molar-refractivity contribution < 1.29 is 14.3 Å². The summed E-state index contributed by atoms with van der Waals surface area (Å²) in [5, 5.41) is 2.73. The Balaban J connectivity index is 1.53. The molecule has 2 heterocycles. The first-order valence-electron chi connectivity index (χ1n) is 8.16. The second-order valence-corrected chi connectivity index (χ2v) is 6.20. The molecule has 0 atom stereocenters. The van der Waals surface area contributed by atoms with Crippen LogP contribution in [-0.4, -0.2) is 16.7 Å². The van der Waals surface area contributed by atoms with Crippen molar-refractivity contribution in [3.63, 3.8) is 0 Å². The van der Waals surface area contributed by atoms with Crippen LogP contribution in [0.4, 0.5) is 5.69 Å². The fourth-order valence-electron chi connectivity index (χ4n) is 3.26. The number of carbonyl (C=O) groups is 1. The molecule has 1 aliphatic heterocycles. The minimum atomic E-state index is -0.542. The lowest BCUT2D eigenvalue weighted by Crippen LogP contribution is -2.40. The number of amides is 1. The third-order valence-electron chi connectivity index (χ3n) is 4.47. The van der Waals surface area contributed by atoms with Gasteiger partial charge < -0.3 is 19.8 Å². The Bertz CT molecular complexity index is 837. The monoisotopic (exact) mass is 326 g/mol. The van der Waals surface area contributed by atoms with Gasteiger partial charge in [-0.1, -0.05) is 6.42 Å². The lowest BCUT2D eigenvalue weighted by atomic mass is 9.94. The van der Waals surface area contributed by atoms with Crippen LogP contribution in [0.5, 0.6) is 11.5 Å². The molecular formula is C18H18N2O4. The molecule has 2 aliphatic rings. The zero-order chi connectivity index (χ0) is 16.6. The van der Waals surface area contributed by atoms with E-state index in [2.05, 4.69) is 10.3 Å². The van der Waals surface area contributed by atoms with Gasteiger partial charge in [0.2, 0.25) is 0 Å². The Morgan fingerprint density at radius 3 is 2.67 bits per heavy atom. The van der Waals surface area contributed by atoms with Gasteiger partial charge in [-0.15, -0.1) is 0 Å². The summed E-state index contributed by atoms with van der Waals surface area (Å²) in [6.45, 7) is 0. The standard InChI is InChI=1S/C18H18N2O4/c21-16-13(5-4-10-19-16)17(22)20-12-6-7-14-15(11-12)24-18(23-14)8-2-1-3-9-18/h4-7,10-11H,1-3,8-9H2,(H,19,21)(H,20,22). The van der Waals surface area contributed by atoms with Crippen LogP contribution in [0.3, 0.4) is 0 Å². The minimum Gasteiger partial charge on any atom is -0.448 e. The maximum absolute atomic E-state index is 12.2. The summed E-state index contributed by atoms with van der Waals surface area (Å²) in [5.74, 6) is 0.340. The second-order valence-electron chi connectivity index (χ2n) is 6.20. The predicted octanol–water partition coefficient (Wildman–Crippen LogP) is 3.06. The molecule has 1 fully saturated rings. The highest BCUT2D eigenvalue weighted by molar-refractivity contribution is 6.04. The zero-order valence-corrected chi connectivity index (χ0v) is 13.1. The fraction of sp³-hybridized carbons (Fsp3) is 0.333. The third-order valence-corrected chi connectivity index (χ3v) is 4.47. The molecule has 0 bridgehead atoms. The molecule has 1 aromatic carbocycles. The highest BCUT2D eigenvalue weighted by atomic mass is 16.7. The largest absolute Gasteiger partial charge is 0.448 e. The number of pyridine rings is 1. The van der Waals surface area contributed by atoms with E-state index in [0.717, 1.165) is 25.7 Å². The number of rotatable bonds is 2. The summed E-state index contributed by atoms with van der Waals surface area (Å²) >= 11 is 0. The molecule has 2 N–H and O–H groups in total. The fourth-order valence-corrected chi connectivity index (χ4v) is 3.26. The maximum Gasteiger partial charge on any atom is 0.261 e. The highest BCUT2D eigenvalue weighted by Gasteiger charge is 2.42. The molecule has 24 heavy (non-hydrogen) atoms. The van der Waals surface area contributed by atoms with Crippen molar-refractivity contribution in [2.75, 3.05) is 5.32 Å². The molecule has 1 saturated carbocycles. The maximum atomic E-state index is 12.2. The van der Waals surface area contributed by atoms with Crippen molar-refractivity contribution in [3.05, 3.63) is 52.4 Å². The van der Waals surface area contributed by atoms with Crippen molar-refractivity contribution in [1.82, 2.24) is 4.98 Å².